The van der Waals surface area contributed by atoms with E-state index in [1.54, 1.807) is 0 Å². The number of aryl methyl sites for hydroxylation is 1. The third-order valence-corrected chi connectivity index (χ3v) is 4.79. The molecular weight excluding hydrogens is 324 g/mol. The molecule has 1 unspecified atom stereocenters. The van der Waals surface area contributed by atoms with Crippen molar-refractivity contribution >= 4 is 23.9 Å². The van der Waals surface area contributed by atoms with Crippen LogP contribution in [-0.4, -0.2) is 18.7 Å². The smallest absolute Gasteiger partial charge is 0.410 e. The van der Waals surface area contributed by atoms with Crippen molar-refractivity contribution in [2.24, 2.45) is 0 Å². The second-order valence-corrected chi connectivity index (χ2v) is 6.61. The van der Waals surface area contributed by atoms with Gasteiger partial charge in [0.25, 0.3) is 0 Å². The number of carbonyl (C=O) groups is 1. The fourth-order valence-corrected chi connectivity index (χ4v) is 3.43. The summed E-state index contributed by atoms with van der Waals surface area (Å²) < 4.78 is 5.57. The molecule has 4 nitrogen and oxygen atoms in total. The van der Waals surface area contributed by atoms with E-state index in [1.807, 2.05) is 30.3 Å². The number of hydrogen-bond donors (Lipinski definition) is 2. The van der Waals surface area contributed by atoms with Crippen molar-refractivity contribution in [1.29, 1.82) is 0 Å². The molecule has 1 atom stereocenters. The summed E-state index contributed by atoms with van der Waals surface area (Å²) in [6, 6.07) is 14.3. The second-order valence-electron chi connectivity index (χ2n) is 6.61. The fraction of sp³-hybridized carbons (Fsp3) is 0.227. The summed E-state index contributed by atoms with van der Waals surface area (Å²) in [6.45, 7) is 0.540. The normalized spacial score (nSPS) is 17.5. The first kappa shape index (κ1) is 16.5. The molecule has 0 spiro atoms. The van der Waals surface area contributed by atoms with E-state index in [2.05, 4.69) is 47.1 Å². The first-order chi connectivity index (χ1) is 12.8. The molecule has 0 radical (unpaired) electrons. The van der Waals surface area contributed by atoms with Gasteiger partial charge in [0.1, 0.15) is 5.75 Å². The summed E-state index contributed by atoms with van der Waals surface area (Å²) in [7, 11) is 0. The van der Waals surface area contributed by atoms with E-state index in [-0.39, 0.29) is 6.04 Å². The van der Waals surface area contributed by atoms with Crippen LogP contribution >= 0.6 is 0 Å². The van der Waals surface area contributed by atoms with E-state index in [9.17, 15) is 4.79 Å². The first-order valence-corrected chi connectivity index (χ1v) is 9.06. The van der Waals surface area contributed by atoms with E-state index in [0.717, 1.165) is 36.1 Å². The third-order valence-electron chi connectivity index (χ3n) is 4.79. The van der Waals surface area contributed by atoms with Crippen molar-refractivity contribution in [2.45, 2.75) is 25.3 Å². The molecule has 1 aliphatic carbocycles. The average molecular weight is 346 g/mol. The van der Waals surface area contributed by atoms with Crippen LogP contribution in [0.3, 0.4) is 0 Å². The molecule has 2 aromatic rings. The topological polar surface area (TPSA) is 50.4 Å². The molecule has 26 heavy (non-hydrogen) atoms. The Morgan fingerprint density at radius 1 is 1.12 bits per heavy atom. The third kappa shape index (κ3) is 3.64. The zero-order valence-corrected chi connectivity index (χ0v) is 14.6. The number of anilines is 1. The van der Waals surface area contributed by atoms with Crippen LogP contribution in [0.1, 0.15) is 29.5 Å². The monoisotopic (exact) mass is 346 g/mol. The van der Waals surface area contributed by atoms with Gasteiger partial charge in [0.2, 0.25) is 0 Å². The number of rotatable bonds is 3. The molecular formula is C22H22N2O2. The lowest BCUT2D eigenvalue weighted by Crippen LogP contribution is -2.39. The molecule has 0 bridgehead atoms. The van der Waals surface area contributed by atoms with Crippen molar-refractivity contribution in [3.05, 3.63) is 71.3 Å². The average Bonchev–Trinajstić information content (AvgIpc) is 2.92. The number of carbonyl (C=O) groups excluding carboxylic acids is 1. The highest BCUT2D eigenvalue weighted by atomic mass is 16.6. The Morgan fingerprint density at radius 3 is 2.96 bits per heavy atom. The Labute approximate surface area is 153 Å². The van der Waals surface area contributed by atoms with Gasteiger partial charge in [-0.1, -0.05) is 54.6 Å². The van der Waals surface area contributed by atoms with Crippen molar-refractivity contribution in [2.75, 3.05) is 11.9 Å². The standard InChI is InChI=1S/C22H22N2O2/c25-22(23-15-18-14-13-17-8-4-5-11-20(17)24-18)26-21-12-6-9-16-7-2-1-3-10-19(16)21/h2-12,18,24H,1,13-15H2,(H,23,25). The molecule has 2 aliphatic rings. The van der Waals surface area contributed by atoms with Crippen LogP contribution < -0.4 is 15.4 Å². The maximum Gasteiger partial charge on any atom is 0.412 e. The van der Waals surface area contributed by atoms with Crippen LogP contribution in [0.5, 0.6) is 5.75 Å². The molecule has 0 saturated heterocycles. The minimum absolute atomic E-state index is 0.216. The number of fused-ring (bicyclic) bond motifs is 2. The van der Waals surface area contributed by atoms with Crippen LogP contribution in [-0.2, 0) is 6.42 Å². The SMILES string of the molecule is O=C(NCC1CCc2ccccc2N1)Oc1cccc2c1C=CCC=C2. The Balaban J connectivity index is 1.36. The number of nitrogens with one attached hydrogen (secondary N) is 2. The first-order valence-electron chi connectivity index (χ1n) is 9.06. The molecule has 132 valence electrons. The molecule has 1 heterocycles. The summed E-state index contributed by atoms with van der Waals surface area (Å²) in [5.74, 6) is 0.588. The predicted molar refractivity (Wildman–Crippen MR) is 105 cm³/mol. The van der Waals surface area contributed by atoms with Gasteiger partial charge in [-0.05, 0) is 42.5 Å². The summed E-state index contributed by atoms with van der Waals surface area (Å²) in [5, 5.41) is 6.37. The summed E-state index contributed by atoms with van der Waals surface area (Å²) in [6.07, 6.45) is 10.7. The van der Waals surface area contributed by atoms with E-state index in [4.69, 9.17) is 4.74 Å². The van der Waals surface area contributed by atoms with Crippen molar-refractivity contribution in [3.63, 3.8) is 0 Å². The zero-order valence-electron chi connectivity index (χ0n) is 14.6. The highest BCUT2D eigenvalue weighted by molar-refractivity contribution is 5.77. The van der Waals surface area contributed by atoms with Crippen molar-refractivity contribution < 1.29 is 9.53 Å². The van der Waals surface area contributed by atoms with Crippen LogP contribution in [0.4, 0.5) is 10.5 Å². The number of benzene rings is 2. The summed E-state index contributed by atoms with van der Waals surface area (Å²) in [4.78, 5) is 12.3. The Hall–Kier alpha value is -3.01. The molecule has 1 amide bonds. The largest absolute Gasteiger partial charge is 0.412 e. The van der Waals surface area contributed by atoms with Crippen LogP contribution in [0.25, 0.3) is 12.2 Å². The molecule has 4 rings (SSSR count). The highest BCUT2D eigenvalue weighted by Crippen LogP contribution is 2.27. The van der Waals surface area contributed by atoms with Gasteiger partial charge in [0.15, 0.2) is 0 Å². The summed E-state index contributed by atoms with van der Waals surface area (Å²) >= 11 is 0. The van der Waals surface area contributed by atoms with Crippen LogP contribution in [0, 0.1) is 0 Å². The van der Waals surface area contributed by atoms with Gasteiger partial charge in [-0.25, -0.2) is 4.79 Å². The summed E-state index contributed by atoms with van der Waals surface area (Å²) in [5.41, 5.74) is 4.50. The van der Waals surface area contributed by atoms with Gasteiger partial charge in [0.05, 0.1) is 0 Å². The number of para-hydroxylation sites is 1. The van der Waals surface area contributed by atoms with E-state index < -0.39 is 6.09 Å². The lowest BCUT2D eigenvalue weighted by atomic mass is 9.98. The van der Waals surface area contributed by atoms with E-state index in [0.29, 0.717) is 12.3 Å². The molecule has 0 saturated carbocycles. The Kier molecular flexibility index (Phi) is 4.73. The van der Waals surface area contributed by atoms with Gasteiger partial charge in [0, 0.05) is 23.8 Å². The predicted octanol–water partition coefficient (Wildman–Crippen LogP) is 4.63. The lowest BCUT2D eigenvalue weighted by molar-refractivity contribution is 0.199. The highest BCUT2D eigenvalue weighted by Gasteiger charge is 2.18. The van der Waals surface area contributed by atoms with E-state index >= 15 is 0 Å². The van der Waals surface area contributed by atoms with Crippen molar-refractivity contribution in [3.8, 4) is 5.75 Å². The molecule has 0 aromatic heterocycles. The van der Waals surface area contributed by atoms with Crippen LogP contribution in [0.2, 0.25) is 0 Å². The number of amides is 1. The van der Waals surface area contributed by atoms with Gasteiger partial charge in [-0.3, -0.25) is 0 Å². The Bertz CT molecular complexity index is 870. The number of allylic oxidation sites excluding steroid dienone is 2. The quantitative estimate of drug-likeness (QED) is 0.852. The molecule has 0 fully saturated rings. The van der Waals surface area contributed by atoms with Crippen LogP contribution in [0.15, 0.2) is 54.6 Å². The lowest BCUT2D eigenvalue weighted by Gasteiger charge is -2.27. The van der Waals surface area contributed by atoms with Gasteiger partial charge in [-0.2, -0.15) is 0 Å². The van der Waals surface area contributed by atoms with Gasteiger partial charge < -0.3 is 15.4 Å². The van der Waals surface area contributed by atoms with E-state index in [1.165, 1.54) is 5.56 Å². The fourth-order valence-electron chi connectivity index (χ4n) is 3.43. The second kappa shape index (κ2) is 7.48. The molecule has 1 aliphatic heterocycles. The minimum atomic E-state index is -0.416. The Morgan fingerprint density at radius 2 is 2.00 bits per heavy atom. The van der Waals surface area contributed by atoms with Crippen molar-refractivity contribution in [1.82, 2.24) is 5.32 Å². The molecule has 2 aromatic carbocycles. The molecule has 2 N–H and O–H groups in total. The molecule has 4 heteroatoms. The van der Waals surface area contributed by atoms with Gasteiger partial charge >= 0.3 is 6.09 Å². The number of ether oxygens (including phenoxy) is 1. The minimum Gasteiger partial charge on any atom is -0.410 e. The maximum absolute atomic E-state index is 12.3. The van der Waals surface area contributed by atoms with Gasteiger partial charge in [-0.15, -0.1) is 0 Å². The number of hydrogen-bond acceptors (Lipinski definition) is 3. The maximum atomic E-state index is 12.3. The zero-order chi connectivity index (χ0) is 17.8.